The third-order valence-electron chi connectivity index (χ3n) is 7.12. The Kier molecular flexibility index (Phi) is 7.44. The number of halogens is 3. The molecule has 2 aliphatic carbocycles. The van der Waals surface area contributed by atoms with Crippen LogP contribution in [0.25, 0.3) is 11.2 Å². The van der Waals surface area contributed by atoms with Crippen molar-refractivity contribution in [2.75, 3.05) is 10.6 Å². The molecule has 1 amide bonds. The average Bonchev–Trinajstić information content (AvgIpc) is 3.18. The summed E-state index contributed by atoms with van der Waals surface area (Å²) >= 11 is 19.0. The van der Waals surface area contributed by atoms with Crippen LogP contribution in [0.2, 0.25) is 15.1 Å². The number of aliphatic hydroxyl groups excluding tert-OH is 1. The van der Waals surface area contributed by atoms with E-state index in [0.29, 0.717) is 63.1 Å². The molecule has 0 unspecified atom stereocenters. The molecule has 12 heteroatoms. The van der Waals surface area contributed by atoms with Gasteiger partial charge < -0.3 is 21.5 Å². The van der Waals surface area contributed by atoms with Gasteiger partial charge in [-0.25, -0.2) is 9.97 Å². The second-order valence-electron chi connectivity index (χ2n) is 9.65. The Balaban J connectivity index is 1.51. The van der Waals surface area contributed by atoms with Crippen LogP contribution in [-0.4, -0.2) is 42.7 Å². The van der Waals surface area contributed by atoms with Crippen LogP contribution in [0.3, 0.4) is 0 Å². The molecule has 2 aliphatic rings. The minimum atomic E-state index is -0.310. The van der Waals surface area contributed by atoms with Crippen LogP contribution in [0.5, 0.6) is 0 Å². The quantitative estimate of drug-likeness (QED) is 0.319. The second kappa shape index (κ2) is 10.6. The van der Waals surface area contributed by atoms with E-state index in [2.05, 4.69) is 15.6 Å². The Morgan fingerprint density at radius 1 is 1.06 bits per heavy atom. The first-order valence-corrected chi connectivity index (χ1v) is 13.3. The van der Waals surface area contributed by atoms with E-state index in [9.17, 15) is 9.90 Å². The first-order valence-electron chi connectivity index (χ1n) is 12.2. The van der Waals surface area contributed by atoms with Gasteiger partial charge in [-0.2, -0.15) is 4.98 Å². The zero-order valence-electron chi connectivity index (χ0n) is 19.6. The van der Waals surface area contributed by atoms with Gasteiger partial charge in [-0.15, -0.1) is 0 Å². The van der Waals surface area contributed by atoms with E-state index >= 15 is 0 Å². The second-order valence-corrected chi connectivity index (χ2v) is 10.9. The number of imidazole rings is 1. The molecule has 2 heterocycles. The number of rotatable bonds is 6. The van der Waals surface area contributed by atoms with Crippen LogP contribution < -0.4 is 16.4 Å². The SMILES string of the molecule is NC(=O)[C@H]1CC[C@@H](n2c(Nc3c(Cl)cc(Cl)cc3Cl)nc3cnc(N[C@@H]4CCC[C@@H](O)C4)nc32)CC1. The Morgan fingerprint density at radius 2 is 1.78 bits per heavy atom. The molecule has 5 rings (SSSR count). The van der Waals surface area contributed by atoms with Crippen LogP contribution in [-0.2, 0) is 4.79 Å². The number of nitrogens with one attached hydrogen (secondary N) is 2. The molecule has 0 aliphatic heterocycles. The molecular formula is C24H28Cl3N7O2. The van der Waals surface area contributed by atoms with Crippen molar-refractivity contribution in [3.05, 3.63) is 33.4 Å². The molecule has 2 atom stereocenters. The van der Waals surface area contributed by atoms with Gasteiger partial charge in [-0.3, -0.25) is 9.36 Å². The van der Waals surface area contributed by atoms with Crippen LogP contribution >= 0.6 is 34.8 Å². The zero-order chi connectivity index (χ0) is 25.4. The highest BCUT2D eigenvalue weighted by atomic mass is 35.5. The largest absolute Gasteiger partial charge is 0.393 e. The van der Waals surface area contributed by atoms with Crippen molar-refractivity contribution in [2.45, 2.75) is 69.6 Å². The van der Waals surface area contributed by atoms with Crippen molar-refractivity contribution in [3.63, 3.8) is 0 Å². The fourth-order valence-corrected chi connectivity index (χ4v) is 6.18. The summed E-state index contributed by atoms with van der Waals surface area (Å²) < 4.78 is 2.04. The van der Waals surface area contributed by atoms with Gasteiger partial charge in [0.25, 0.3) is 0 Å². The number of nitrogens with zero attached hydrogens (tertiary/aromatic N) is 4. The summed E-state index contributed by atoms with van der Waals surface area (Å²) in [4.78, 5) is 25.8. The smallest absolute Gasteiger partial charge is 0.224 e. The Morgan fingerprint density at radius 3 is 2.44 bits per heavy atom. The molecule has 3 aromatic rings. The highest BCUT2D eigenvalue weighted by Gasteiger charge is 2.30. The zero-order valence-corrected chi connectivity index (χ0v) is 21.8. The fourth-order valence-electron chi connectivity index (χ4n) is 5.26. The summed E-state index contributed by atoms with van der Waals surface area (Å²) in [5, 5.41) is 17.9. The van der Waals surface area contributed by atoms with Crippen LogP contribution in [0.4, 0.5) is 17.6 Å². The van der Waals surface area contributed by atoms with Crippen LogP contribution in [0.1, 0.15) is 57.4 Å². The van der Waals surface area contributed by atoms with Gasteiger partial charge in [0, 0.05) is 23.0 Å². The highest BCUT2D eigenvalue weighted by Crippen LogP contribution is 2.40. The first-order chi connectivity index (χ1) is 17.3. The maximum Gasteiger partial charge on any atom is 0.224 e. The monoisotopic (exact) mass is 551 g/mol. The average molecular weight is 553 g/mol. The Bertz CT molecular complexity index is 1250. The third kappa shape index (κ3) is 5.34. The maximum absolute atomic E-state index is 11.7. The van der Waals surface area contributed by atoms with Crippen LogP contribution in [0, 0.1) is 5.92 Å². The molecule has 5 N–H and O–H groups in total. The lowest BCUT2D eigenvalue weighted by molar-refractivity contribution is -0.122. The molecule has 0 spiro atoms. The lowest BCUT2D eigenvalue weighted by Crippen LogP contribution is -2.30. The van der Waals surface area contributed by atoms with E-state index in [1.807, 2.05) is 4.57 Å². The van der Waals surface area contributed by atoms with Gasteiger partial charge in [0.15, 0.2) is 5.65 Å². The number of aliphatic hydroxyl groups is 1. The molecule has 2 fully saturated rings. The summed E-state index contributed by atoms with van der Waals surface area (Å²) in [6.45, 7) is 0. The third-order valence-corrected chi connectivity index (χ3v) is 7.93. The van der Waals surface area contributed by atoms with Crippen molar-refractivity contribution < 1.29 is 9.90 Å². The number of benzene rings is 1. The van der Waals surface area contributed by atoms with E-state index in [1.54, 1.807) is 18.3 Å². The molecule has 2 aromatic heterocycles. The van der Waals surface area contributed by atoms with Crippen molar-refractivity contribution >= 4 is 69.5 Å². The molecule has 0 bridgehead atoms. The van der Waals surface area contributed by atoms with Gasteiger partial charge in [-0.1, -0.05) is 34.8 Å². The lowest BCUT2D eigenvalue weighted by Gasteiger charge is -2.29. The molecule has 2 saturated carbocycles. The summed E-state index contributed by atoms with van der Waals surface area (Å²) in [5.74, 6) is 0.628. The van der Waals surface area contributed by atoms with Gasteiger partial charge in [0.05, 0.1) is 28.0 Å². The van der Waals surface area contributed by atoms with Gasteiger partial charge in [0.1, 0.15) is 5.52 Å². The van der Waals surface area contributed by atoms with Crippen molar-refractivity contribution in [2.24, 2.45) is 11.7 Å². The van der Waals surface area contributed by atoms with Gasteiger partial charge in [-0.05, 0) is 63.5 Å². The maximum atomic E-state index is 11.7. The molecule has 0 saturated heterocycles. The molecule has 192 valence electrons. The Labute approximate surface area is 223 Å². The first kappa shape index (κ1) is 25.3. The number of nitrogens with two attached hydrogens (primary N) is 1. The number of hydrogen-bond donors (Lipinski definition) is 4. The number of anilines is 3. The van der Waals surface area contributed by atoms with E-state index in [4.69, 9.17) is 50.5 Å². The number of carbonyl (C=O) groups excluding carboxylic acids is 1. The predicted molar refractivity (Wildman–Crippen MR) is 142 cm³/mol. The molecule has 9 nitrogen and oxygen atoms in total. The lowest BCUT2D eigenvalue weighted by atomic mass is 9.85. The van der Waals surface area contributed by atoms with Crippen molar-refractivity contribution in [3.8, 4) is 0 Å². The van der Waals surface area contributed by atoms with E-state index in [0.717, 1.165) is 32.1 Å². The van der Waals surface area contributed by atoms with Crippen molar-refractivity contribution in [1.82, 2.24) is 19.5 Å². The van der Waals surface area contributed by atoms with E-state index in [-0.39, 0.29) is 30.0 Å². The summed E-state index contributed by atoms with van der Waals surface area (Å²) in [6, 6.07) is 3.38. The number of fused-ring (bicyclic) bond motifs is 1. The Hall–Kier alpha value is -2.33. The number of hydrogen-bond acceptors (Lipinski definition) is 7. The number of amides is 1. The molecular weight excluding hydrogens is 525 g/mol. The molecule has 36 heavy (non-hydrogen) atoms. The van der Waals surface area contributed by atoms with Gasteiger partial charge >= 0.3 is 0 Å². The molecule has 0 radical (unpaired) electrons. The normalized spacial score (nSPS) is 24.6. The van der Waals surface area contributed by atoms with Crippen molar-refractivity contribution in [1.29, 1.82) is 0 Å². The number of primary amides is 1. The minimum absolute atomic E-state index is 0.0391. The van der Waals surface area contributed by atoms with E-state index in [1.165, 1.54) is 0 Å². The summed E-state index contributed by atoms with van der Waals surface area (Å²) in [6.07, 6.45) is 7.65. The van der Waals surface area contributed by atoms with Crippen LogP contribution in [0.15, 0.2) is 18.3 Å². The summed E-state index contributed by atoms with van der Waals surface area (Å²) in [7, 11) is 0. The van der Waals surface area contributed by atoms with E-state index < -0.39 is 0 Å². The number of carbonyl (C=O) groups is 1. The standard InChI is InChI=1S/C24H28Cl3N7O2/c25-13-8-17(26)20(18(27)9-13)32-24-31-19-11-29-23(30-14-2-1-3-16(35)10-14)33-22(19)34(24)15-6-4-12(5-7-15)21(28)36/h8-9,11-12,14-16,35H,1-7,10H2,(H2,28,36)(H,31,32)(H,29,30,33)/t12-,14-,15+,16-/m1/s1. The highest BCUT2D eigenvalue weighted by molar-refractivity contribution is 6.41. The number of aromatic nitrogens is 4. The predicted octanol–water partition coefficient (Wildman–Crippen LogP) is 5.46. The van der Waals surface area contributed by atoms with Gasteiger partial charge in [0.2, 0.25) is 17.8 Å². The minimum Gasteiger partial charge on any atom is -0.393 e. The fraction of sp³-hybridized carbons (Fsp3) is 0.500. The molecule has 1 aromatic carbocycles. The topological polar surface area (TPSA) is 131 Å². The summed E-state index contributed by atoms with van der Waals surface area (Å²) in [5.41, 5.74) is 7.33.